The molecule has 0 saturated carbocycles. The number of allylic oxidation sites excluding steroid dienone is 1. The van der Waals surface area contributed by atoms with Crippen LogP contribution in [0.3, 0.4) is 0 Å². The topological polar surface area (TPSA) is 167 Å². The fourth-order valence-corrected chi connectivity index (χ4v) is 6.21. The summed E-state index contributed by atoms with van der Waals surface area (Å²) in [5.74, 6) is -0.258. The van der Waals surface area contributed by atoms with Gasteiger partial charge in [-0.2, -0.15) is 0 Å². The molecule has 232 valence electrons. The Labute approximate surface area is 264 Å². The van der Waals surface area contributed by atoms with Crippen LogP contribution in [-0.2, 0) is 9.53 Å². The summed E-state index contributed by atoms with van der Waals surface area (Å²) in [5.41, 5.74) is 1.97. The maximum Gasteiger partial charge on any atom is 0.338 e. The molecule has 12 nitrogen and oxygen atoms in total. The van der Waals surface area contributed by atoms with Gasteiger partial charge >= 0.3 is 11.9 Å². The standard InChI is InChI=1S/C33H25N3O9S/c1-4-43-32(40)28-18(3)34-33-35(29(28)26-14-13-25(45-26)23-15-21(36(41)42)10-5-17(23)2)30(37)27(46-33)16-22-11-12-24(44-22)19-6-8-20(9-7-19)31(38)39/h5-16,29H,4H2,1-3H3,(H,38,39)/b27-16-/t29-/m0/s1. The maximum absolute atomic E-state index is 14.0. The highest BCUT2D eigenvalue weighted by Gasteiger charge is 2.35. The number of carboxylic acids is 1. The molecule has 0 amide bonds. The first-order valence-corrected chi connectivity index (χ1v) is 14.9. The van der Waals surface area contributed by atoms with E-state index >= 15 is 0 Å². The number of carbonyl (C=O) groups is 2. The van der Waals surface area contributed by atoms with E-state index in [4.69, 9.17) is 18.7 Å². The Bertz CT molecular complexity index is 2250. The number of furan rings is 2. The molecule has 0 spiro atoms. The van der Waals surface area contributed by atoms with Crippen molar-refractivity contribution in [1.29, 1.82) is 0 Å². The fourth-order valence-electron chi connectivity index (χ4n) is 5.19. The Morgan fingerprint density at radius 1 is 1.07 bits per heavy atom. The van der Waals surface area contributed by atoms with Crippen molar-refractivity contribution < 1.29 is 33.2 Å². The van der Waals surface area contributed by atoms with E-state index in [-0.39, 0.29) is 33.7 Å². The van der Waals surface area contributed by atoms with E-state index in [1.807, 2.05) is 0 Å². The maximum atomic E-state index is 14.0. The molecule has 0 radical (unpaired) electrons. The molecule has 1 N–H and O–H groups in total. The van der Waals surface area contributed by atoms with Crippen LogP contribution < -0.4 is 14.9 Å². The summed E-state index contributed by atoms with van der Waals surface area (Å²) in [7, 11) is 0. The van der Waals surface area contributed by atoms with Crippen LogP contribution in [0.5, 0.6) is 0 Å². The molecule has 4 heterocycles. The zero-order valence-electron chi connectivity index (χ0n) is 24.7. The molecular formula is C33H25N3O9S. The third-order valence-corrected chi connectivity index (χ3v) is 8.41. The number of fused-ring (bicyclic) bond motifs is 1. The summed E-state index contributed by atoms with van der Waals surface area (Å²) >= 11 is 1.11. The zero-order valence-corrected chi connectivity index (χ0v) is 25.5. The minimum absolute atomic E-state index is 0.100. The van der Waals surface area contributed by atoms with E-state index < -0.39 is 28.5 Å². The van der Waals surface area contributed by atoms with Gasteiger partial charge in [-0.15, -0.1) is 0 Å². The highest BCUT2D eigenvalue weighted by Crippen LogP contribution is 2.36. The summed E-state index contributed by atoms with van der Waals surface area (Å²) in [5, 5.41) is 20.6. The number of non-ortho nitro benzene ring substituents is 1. The number of aromatic nitrogens is 1. The van der Waals surface area contributed by atoms with Crippen molar-refractivity contribution in [2.24, 2.45) is 4.99 Å². The molecule has 1 aliphatic heterocycles. The Morgan fingerprint density at radius 3 is 2.50 bits per heavy atom. The van der Waals surface area contributed by atoms with Gasteiger partial charge in [-0.1, -0.05) is 29.5 Å². The molecule has 0 fully saturated rings. The third-order valence-electron chi connectivity index (χ3n) is 7.43. The molecule has 5 aromatic rings. The van der Waals surface area contributed by atoms with Gasteiger partial charge in [0.15, 0.2) is 4.80 Å². The van der Waals surface area contributed by atoms with Crippen molar-refractivity contribution in [1.82, 2.24) is 4.57 Å². The summed E-state index contributed by atoms with van der Waals surface area (Å²) in [6, 6.07) is 16.3. The first kappa shape index (κ1) is 30.2. The molecule has 1 atom stereocenters. The minimum atomic E-state index is -1.04. The number of aromatic carboxylic acids is 1. The zero-order chi connectivity index (χ0) is 32.7. The minimum Gasteiger partial charge on any atom is -0.478 e. The number of thiazole rings is 1. The molecule has 46 heavy (non-hydrogen) atoms. The Balaban J connectivity index is 1.44. The van der Waals surface area contributed by atoms with E-state index in [9.17, 15) is 24.5 Å². The average molecular weight is 640 g/mol. The van der Waals surface area contributed by atoms with Gasteiger partial charge in [0.1, 0.15) is 29.1 Å². The Kier molecular flexibility index (Phi) is 7.84. The van der Waals surface area contributed by atoms with Crippen molar-refractivity contribution in [2.45, 2.75) is 26.8 Å². The van der Waals surface area contributed by atoms with Crippen LogP contribution in [0.15, 0.2) is 96.6 Å². The lowest BCUT2D eigenvalue weighted by atomic mass is 10.0. The quantitative estimate of drug-likeness (QED) is 0.136. The van der Waals surface area contributed by atoms with Gasteiger partial charge in [-0.25, -0.2) is 14.6 Å². The van der Waals surface area contributed by atoms with Crippen molar-refractivity contribution in [3.8, 4) is 22.6 Å². The number of hydrogen-bond acceptors (Lipinski definition) is 10. The normalized spacial score (nSPS) is 14.6. The van der Waals surface area contributed by atoms with E-state index in [1.54, 1.807) is 69.3 Å². The number of esters is 1. The number of rotatable bonds is 8. The number of carbonyl (C=O) groups excluding carboxylic acids is 1. The lowest BCUT2D eigenvalue weighted by molar-refractivity contribution is -0.384. The number of nitro benzene ring substituents is 1. The van der Waals surface area contributed by atoms with Crippen molar-refractivity contribution >= 4 is 35.0 Å². The monoisotopic (exact) mass is 639 g/mol. The van der Waals surface area contributed by atoms with Crippen LogP contribution in [0.25, 0.3) is 28.7 Å². The van der Waals surface area contributed by atoms with Gasteiger partial charge in [0.25, 0.3) is 11.2 Å². The van der Waals surface area contributed by atoms with Crippen LogP contribution in [0.2, 0.25) is 0 Å². The highest BCUT2D eigenvalue weighted by atomic mass is 32.1. The number of nitrogens with zero attached hydrogens (tertiary/aromatic N) is 3. The Morgan fingerprint density at radius 2 is 1.80 bits per heavy atom. The van der Waals surface area contributed by atoms with E-state index in [0.717, 1.165) is 16.9 Å². The smallest absolute Gasteiger partial charge is 0.338 e. The number of benzene rings is 2. The third kappa shape index (κ3) is 5.48. The molecule has 0 bridgehead atoms. The first-order valence-electron chi connectivity index (χ1n) is 14.0. The average Bonchev–Trinajstić information content (AvgIpc) is 3.77. The van der Waals surface area contributed by atoms with Gasteiger partial charge in [-0.3, -0.25) is 19.5 Å². The second-order valence-electron chi connectivity index (χ2n) is 10.3. The second kappa shape index (κ2) is 11.9. The van der Waals surface area contributed by atoms with Gasteiger partial charge in [0, 0.05) is 29.3 Å². The summed E-state index contributed by atoms with van der Waals surface area (Å²) in [6.07, 6.45) is 1.57. The number of aryl methyl sites for hydroxylation is 1. The van der Waals surface area contributed by atoms with E-state index in [1.165, 1.54) is 28.8 Å². The first-order chi connectivity index (χ1) is 22.0. The van der Waals surface area contributed by atoms with Crippen molar-refractivity contribution in [3.63, 3.8) is 0 Å². The number of ether oxygens (including phenoxy) is 1. The molecule has 6 rings (SSSR count). The highest BCUT2D eigenvalue weighted by molar-refractivity contribution is 7.07. The van der Waals surface area contributed by atoms with Crippen LogP contribution in [-0.4, -0.2) is 33.1 Å². The van der Waals surface area contributed by atoms with Crippen LogP contribution in [0.4, 0.5) is 5.69 Å². The van der Waals surface area contributed by atoms with Crippen LogP contribution >= 0.6 is 11.3 Å². The van der Waals surface area contributed by atoms with E-state index in [2.05, 4.69) is 4.99 Å². The molecule has 0 aliphatic carbocycles. The SMILES string of the molecule is CCOC(=O)C1=C(C)N=c2s/c(=C\c3ccc(-c4ccc(C(=O)O)cc4)o3)c(=O)n2[C@H]1c1ccc(-c2cc([N+](=O)[O-])ccc2C)o1. The molecule has 3 aromatic heterocycles. The molecule has 0 unspecified atom stereocenters. The summed E-state index contributed by atoms with van der Waals surface area (Å²) < 4.78 is 19.2. The number of hydrogen-bond donors (Lipinski definition) is 1. The number of carboxylic acid groups (broad SMARTS) is 1. The molecule has 13 heteroatoms. The fraction of sp³-hybridized carbons (Fsp3) is 0.152. The van der Waals surface area contributed by atoms with Crippen LogP contribution in [0, 0.1) is 17.0 Å². The number of nitro groups is 1. The van der Waals surface area contributed by atoms with Gasteiger partial charge in [0.05, 0.1) is 32.9 Å². The van der Waals surface area contributed by atoms with Gasteiger partial charge in [-0.05, 0) is 62.7 Å². The summed E-state index contributed by atoms with van der Waals surface area (Å²) in [6.45, 7) is 5.22. The van der Waals surface area contributed by atoms with E-state index in [0.29, 0.717) is 38.9 Å². The van der Waals surface area contributed by atoms with Gasteiger partial charge in [0.2, 0.25) is 0 Å². The molecule has 1 aliphatic rings. The van der Waals surface area contributed by atoms with Crippen molar-refractivity contribution in [2.75, 3.05) is 6.61 Å². The molecular weight excluding hydrogens is 614 g/mol. The molecule has 2 aromatic carbocycles. The predicted molar refractivity (Wildman–Crippen MR) is 167 cm³/mol. The van der Waals surface area contributed by atoms with Gasteiger partial charge < -0.3 is 18.7 Å². The van der Waals surface area contributed by atoms with Crippen LogP contribution in [0.1, 0.15) is 47.3 Å². The lowest BCUT2D eigenvalue weighted by Crippen LogP contribution is -2.39. The summed E-state index contributed by atoms with van der Waals surface area (Å²) in [4.78, 5) is 54.2. The second-order valence-corrected chi connectivity index (χ2v) is 11.4. The Hall–Kier alpha value is -5.82. The predicted octanol–water partition coefficient (Wildman–Crippen LogP) is 5.23. The molecule has 0 saturated heterocycles. The lowest BCUT2D eigenvalue weighted by Gasteiger charge is -2.22. The largest absolute Gasteiger partial charge is 0.478 e. The van der Waals surface area contributed by atoms with Crippen molar-refractivity contribution in [3.05, 3.63) is 130 Å².